The first-order chi connectivity index (χ1) is 6.54. The highest BCUT2D eigenvalue weighted by Gasteiger charge is 2.29. The molecule has 0 spiro atoms. The van der Waals surface area contributed by atoms with Gasteiger partial charge in [0.15, 0.2) is 0 Å². The summed E-state index contributed by atoms with van der Waals surface area (Å²) in [6, 6.07) is 0. The first-order valence-corrected chi connectivity index (χ1v) is 4.06. The van der Waals surface area contributed by atoms with Gasteiger partial charge < -0.3 is 35.4 Å². The van der Waals surface area contributed by atoms with E-state index in [1.165, 1.54) is 0 Å². The minimum absolute atomic E-state index is 0.382. The largest absolute Gasteiger partial charge is 0.394 e. The molecular weight excluding hydrogens is 196 g/mol. The zero-order chi connectivity index (χ0) is 11.1. The zero-order valence-electron chi connectivity index (χ0n) is 7.52. The van der Waals surface area contributed by atoms with Crippen LogP contribution in [0.3, 0.4) is 0 Å². The van der Waals surface area contributed by atoms with Crippen LogP contribution in [0.5, 0.6) is 0 Å². The van der Waals surface area contributed by atoms with E-state index in [0.29, 0.717) is 0 Å². The summed E-state index contributed by atoms with van der Waals surface area (Å²) in [6.45, 7) is -1.74. The van der Waals surface area contributed by atoms with Crippen LogP contribution in [0.4, 0.5) is 0 Å². The van der Waals surface area contributed by atoms with Gasteiger partial charge in [-0.25, -0.2) is 0 Å². The maximum Gasteiger partial charge on any atom is 0.143 e. The van der Waals surface area contributed by atoms with Crippen molar-refractivity contribution in [3.05, 3.63) is 0 Å². The lowest BCUT2D eigenvalue weighted by molar-refractivity contribution is -0.138. The van der Waals surface area contributed by atoms with Crippen molar-refractivity contribution in [2.45, 2.75) is 24.4 Å². The van der Waals surface area contributed by atoms with E-state index in [1.54, 1.807) is 0 Å². The fraction of sp³-hybridized carbons (Fsp3) is 1.00. The first kappa shape index (κ1) is 13.7. The third kappa shape index (κ3) is 4.29. The number of aliphatic hydroxyl groups is 6. The zero-order valence-corrected chi connectivity index (χ0v) is 7.52. The van der Waals surface area contributed by atoms with Crippen molar-refractivity contribution in [2.24, 2.45) is 0 Å². The Kier molecular flexibility index (Phi) is 6.93. The highest BCUT2D eigenvalue weighted by atomic mass is 16.6. The van der Waals surface area contributed by atoms with Crippen molar-refractivity contribution in [1.29, 1.82) is 0 Å². The Morgan fingerprint density at radius 3 is 1.79 bits per heavy atom. The molecule has 7 nitrogen and oxygen atoms in total. The Morgan fingerprint density at radius 2 is 1.36 bits per heavy atom. The van der Waals surface area contributed by atoms with Crippen LogP contribution in [0.25, 0.3) is 0 Å². The second kappa shape index (κ2) is 7.07. The lowest BCUT2D eigenvalue weighted by Gasteiger charge is -2.25. The number of hydrogen-bond acceptors (Lipinski definition) is 7. The lowest BCUT2D eigenvalue weighted by atomic mass is 10.0. The van der Waals surface area contributed by atoms with Crippen LogP contribution in [0.1, 0.15) is 0 Å². The Hall–Kier alpha value is -0.280. The summed E-state index contributed by atoms with van der Waals surface area (Å²) >= 11 is 0. The third-order valence-electron chi connectivity index (χ3n) is 1.71. The normalized spacial score (nSPS) is 20.1. The Balaban J connectivity index is 3.95. The van der Waals surface area contributed by atoms with E-state index in [9.17, 15) is 5.11 Å². The molecular formula is C7H16O7. The van der Waals surface area contributed by atoms with Crippen LogP contribution in [-0.4, -0.2) is 75.1 Å². The van der Waals surface area contributed by atoms with Gasteiger partial charge in [0.1, 0.15) is 31.2 Å². The van der Waals surface area contributed by atoms with Crippen molar-refractivity contribution >= 4 is 0 Å². The van der Waals surface area contributed by atoms with Crippen LogP contribution in [0.15, 0.2) is 0 Å². The summed E-state index contributed by atoms with van der Waals surface area (Å²) < 4.78 is 4.37. The average Bonchev–Trinajstić information content (AvgIpc) is 2.22. The highest BCUT2D eigenvalue weighted by molar-refractivity contribution is 4.80. The summed E-state index contributed by atoms with van der Waals surface area (Å²) in [5.74, 6) is 0. The highest BCUT2D eigenvalue weighted by Crippen LogP contribution is 2.05. The quantitative estimate of drug-likeness (QED) is 0.240. The van der Waals surface area contributed by atoms with E-state index in [2.05, 4.69) is 4.74 Å². The molecule has 0 aromatic rings. The van der Waals surface area contributed by atoms with Crippen molar-refractivity contribution in [1.82, 2.24) is 0 Å². The predicted octanol–water partition coefficient (Wildman–Crippen LogP) is -3.61. The molecule has 4 atom stereocenters. The van der Waals surface area contributed by atoms with Gasteiger partial charge in [-0.2, -0.15) is 0 Å². The minimum Gasteiger partial charge on any atom is -0.394 e. The summed E-state index contributed by atoms with van der Waals surface area (Å²) in [5.41, 5.74) is 0. The predicted molar refractivity (Wildman–Crippen MR) is 44.2 cm³/mol. The van der Waals surface area contributed by atoms with Gasteiger partial charge in [0.25, 0.3) is 0 Å². The topological polar surface area (TPSA) is 131 Å². The Labute approximate surface area is 80.8 Å². The van der Waals surface area contributed by atoms with Crippen LogP contribution in [0, 0.1) is 0 Å². The molecule has 0 aromatic carbocycles. The summed E-state index contributed by atoms with van der Waals surface area (Å²) in [4.78, 5) is 0. The van der Waals surface area contributed by atoms with Gasteiger partial charge in [0, 0.05) is 0 Å². The van der Waals surface area contributed by atoms with E-state index < -0.39 is 37.8 Å². The monoisotopic (exact) mass is 212 g/mol. The van der Waals surface area contributed by atoms with Crippen LogP contribution in [-0.2, 0) is 4.74 Å². The molecule has 0 amide bonds. The van der Waals surface area contributed by atoms with Gasteiger partial charge >= 0.3 is 0 Å². The van der Waals surface area contributed by atoms with Gasteiger partial charge in [-0.05, 0) is 0 Å². The van der Waals surface area contributed by atoms with E-state index >= 15 is 0 Å². The van der Waals surface area contributed by atoms with E-state index in [0.717, 1.165) is 0 Å². The molecule has 0 radical (unpaired) electrons. The van der Waals surface area contributed by atoms with Gasteiger partial charge in [-0.1, -0.05) is 0 Å². The van der Waals surface area contributed by atoms with E-state index in [1.807, 2.05) is 0 Å². The molecule has 0 fully saturated rings. The van der Waals surface area contributed by atoms with E-state index in [4.69, 9.17) is 25.5 Å². The molecule has 0 aromatic heterocycles. The minimum atomic E-state index is -1.67. The van der Waals surface area contributed by atoms with Crippen molar-refractivity contribution in [3.63, 3.8) is 0 Å². The molecule has 0 bridgehead atoms. The smallest absolute Gasteiger partial charge is 0.143 e. The molecule has 6 N–H and O–H groups in total. The molecule has 0 heterocycles. The molecule has 0 unspecified atom stereocenters. The molecule has 0 saturated carbocycles. The molecule has 86 valence electrons. The molecule has 0 aliphatic carbocycles. The number of ether oxygens (including phenoxy) is 1. The summed E-state index contributed by atoms with van der Waals surface area (Å²) in [6.07, 6.45) is -6.30. The van der Waals surface area contributed by atoms with Crippen LogP contribution >= 0.6 is 0 Å². The maximum absolute atomic E-state index is 9.18. The number of hydrogen-bond donors (Lipinski definition) is 6. The molecule has 0 rings (SSSR count). The third-order valence-corrected chi connectivity index (χ3v) is 1.71. The second-order valence-electron chi connectivity index (χ2n) is 2.80. The Bertz CT molecular complexity index is 142. The average molecular weight is 212 g/mol. The standard InChI is InChI=1S/C7H16O7/c8-1-4(10)6(12)7(13)5(11)2-14-3-9/h4-13H,1-3H2/t4-,5+,6-,7-/m1/s1. The maximum atomic E-state index is 9.18. The van der Waals surface area contributed by atoms with Crippen molar-refractivity contribution < 1.29 is 35.4 Å². The molecule has 14 heavy (non-hydrogen) atoms. The van der Waals surface area contributed by atoms with Crippen LogP contribution < -0.4 is 0 Å². The van der Waals surface area contributed by atoms with Gasteiger partial charge in [-0.15, -0.1) is 0 Å². The SMILES string of the molecule is OCOC[C@H](O)[C@@H](O)[C@H](O)[C@H](O)CO. The van der Waals surface area contributed by atoms with Crippen molar-refractivity contribution in [2.75, 3.05) is 20.0 Å². The fourth-order valence-electron chi connectivity index (χ4n) is 0.835. The molecule has 0 aliphatic heterocycles. The van der Waals surface area contributed by atoms with Crippen LogP contribution in [0.2, 0.25) is 0 Å². The van der Waals surface area contributed by atoms with Gasteiger partial charge in [-0.3, -0.25) is 0 Å². The van der Waals surface area contributed by atoms with E-state index in [-0.39, 0.29) is 6.61 Å². The molecule has 0 saturated heterocycles. The van der Waals surface area contributed by atoms with Gasteiger partial charge in [0.2, 0.25) is 0 Å². The Morgan fingerprint density at radius 1 is 0.857 bits per heavy atom. The number of rotatable bonds is 7. The summed E-state index contributed by atoms with van der Waals surface area (Å²) in [7, 11) is 0. The molecule has 7 heteroatoms. The van der Waals surface area contributed by atoms with Crippen molar-refractivity contribution in [3.8, 4) is 0 Å². The number of aliphatic hydroxyl groups excluding tert-OH is 6. The van der Waals surface area contributed by atoms with Gasteiger partial charge in [0.05, 0.1) is 13.2 Å². The lowest BCUT2D eigenvalue weighted by Crippen LogP contribution is -2.47. The fourth-order valence-corrected chi connectivity index (χ4v) is 0.835. The summed E-state index contributed by atoms with van der Waals surface area (Å²) in [5, 5.41) is 53.0. The first-order valence-electron chi connectivity index (χ1n) is 4.06. The molecule has 0 aliphatic rings. The second-order valence-corrected chi connectivity index (χ2v) is 2.80.